The molecule has 3 amide bonds. The summed E-state index contributed by atoms with van der Waals surface area (Å²) in [5.41, 5.74) is 2.58. The minimum Gasteiger partial charge on any atom is -0.322 e. The zero-order chi connectivity index (χ0) is 15.0. The van der Waals surface area contributed by atoms with Crippen LogP contribution in [0.25, 0.3) is 11.1 Å². The summed E-state index contributed by atoms with van der Waals surface area (Å²) >= 11 is 0. The van der Waals surface area contributed by atoms with Crippen molar-refractivity contribution in [1.82, 2.24) is 20.4 Å². The number of benzene rings is 1. The van der Waals surface area contributed by atoms with E-state index in [1.54, 1.807) is 42.2 Å². The van der Waals surface area contributed by atoms with Crippen LogP contribution in [0.1, 0.15) is 17.3 Å². The molecule has 1 fully saturated rings. The van der Waals surface area contributed by atoms with E-state index in [2.05, 4.69) is 15.7 Å². The molecule has 3 rings (SSSR count). The van der Waals surface area contributed by atoms with Crippen molar-refractivity contribution >= 4 is 11.9 Å². The van der Waals surface area contributed by atoms with E-state index in [0.29, 0.717) is 11.3 Å². The highest BCUT2D eigenvalue weighted by atomic mass is 16.2. The summed E-state index contributed by atoms with van der Waals surface area (Å²) in [5, 5.41) is 17.8. The maximum absolute atomic E-state index is 11.6. The van der Waals surface area contributed by atoms with Gasteiger partial charge in [0.2, 0.25) is 0 Å². The number of hydrogen-bond donors (Lipinski definition) is 2. The topological polar surface area (TPSA) is 99.8 Å². The lowest BCUT2D eigenvalue weighted by molar-refractivity contribution is -0.120. The summed E-state index contributed by atoms with van der Waals surface area (Å²) < 4.78 is 1.58. The molecule has 0 spiro atoms. The molecule has 104 valence electrons. The second-order valence-corrected chi connectivity index (χ2v) is 4.69. The first-order valence-corrected chi connectivity index (χ1v) is 6.24. The van der Waals surface area contributed by atoms with Gasteiger partial charge in [-0.25, -0.2) is 4.79 Å². The fourth-order valence-corrected chi connectivity index (χ4v) is 2.29. The van der Waals surface area contributed by atoms with E-state index in [0.717, 1.165) is 11.1 Å². The summed E-state index contributed by atoms with van der Waals surface area (Å²) in [4.78, 5) is 22.7. The predicted octanol–water partition coefficient (Wildman–Crippen LogP) is 0.839. The first kappa shape index (κ1) is 12.9. The average molecular weight is 281 g/mol. The Balaban J connectivity index is 1.93. The first-order chi connectivity index (χ1) is 10.1. The Morgan fingerprint density at radius 1 is 1.29 bits per heavy atom. The number of nitrogens with one attached hydrogen (secondary N) is 2. The van der Waals surface area contributed by atoms with Gasteiger partial charge in [-0.1, -0.05) is 24.3 Å². The molecular weight excluding hydrogens is 270 g/mol. The largest absolute Gasteiger partial charge is 0.322 e. The molecule has 7 heteroatoms. The molecule has 1 aromatic heterocycles. The number of urea groups is 1. The van der Waals surface area contributed by atoms with Crippen molar-refractivity contribution in [3.05, 3.63) is 41.7 Å². The lowest BCUT2D eigenvalue weighted by Crippen LogP contribution is -2.22. The number of hydrogen-bond acceptors (Lipinski definition) is 4. The van der Waals surface area contributed by atoms with Crippen molar-refractivity contribution in [2.45, 2.75) is 6.04 Å². The Labute approximate surface area is 120 Å². The standard InChI is InChI=1S/C14H11N5O2/c1-19-7-10(11(6-15)18-19)8-2-4-9(5-3-8)12-13(20)17-14(21)16-12/h2-5,7,12H,1H3,(H2,16,17,20,21). The van der Waals surface area contributed by atoms with Crippen LogP contribution in [-0.2, 0) is 11.8 Å². The minimum atomic E-state index is -0.670. The minimum absolute atomic E-state index is 0.345. The lowest BCUT2D eigenvalue weighted by Gasteiger charge is -2.08. The maximum atomic E-state index is 11.6. The van der Waals surface area contributed by atoms with E-state index in [4.69, 9.17) is 5.26 Å². The molecule has 7 nitrogen and oxygen atoms in total. The molecule has 0 bridgehead atoms. The molecule has 1 aromatic carbocycles. The molecule has 0 saturated carbocycles. The van der Waals surface area contributed by atoms with Crippen molar-refractivity contribution in [1.29, 1.82) is 5.26 Å². The highest BCUT2D eigenvalue weighted by Gasteiger charge is 2.30. The number of carbonyl (C=O) groups excluding carboxylic acids is 2. The molecule has 2 heterocycles. The molecular formula is C14H11N5O2. The quantitative estimate of drug-likeness (QED) is 0.796. The smallest absolute Gasteiger partial charge is 0.322 e. The van der Waals surface area contributed by atoms with Gasteiger partial charge in [0.25, 0.3) is 5.91 Å². The second kappa shape index (κ2) is 4.76. The number of imide groups is 1. The predicted molar refractivity (Wildman–Crippen MR) is 72.8 cm³/mol. The molecule has 21 heavy (non-hydrogen) atoms. The normalized spacial score (nSPS) is 17.2. The number of aromatic nitrogens is 2. The SMILES string of the molecule is Cn1cc(-c2ccc(C3NC(=O)NC3=O)cc2)c(C#N)n1. The van der Waals surface area contributed by atoms with Gasteiger partial charge in [0.1, 0.15) is 12.1 Å². The Kier molecular flexibility index (Phi) is 2.92. The van der Waals surface area contributed by atoms with Crippen molar-refractivity contribution in [3.8, 4) is 17.2 Å². The van der Waals surface area contributed by atoms with Crippen LogP contribution in [0.4, 0.5) is 4.79 Å². The molecule has 0 aliphatic carbocycles. The van der Waals surface area contributed by atoms with E-state index in [1.807, 2.05) is 6.07 Å². The van der Waals surface area contributed by atoms with Crippen LogP contribution in [0.15, 0.2) is 30.5 Å². The third-order valence-electron chi connectivity index (χ3n) is 3.26. The van der Waals surface area contributed by atoms with Gasteiger partial charge in [-0.15, -0.1) is 0 Å². The molecule has 2 aromatic rings. The molecule has 1 aliphatic rings. The Bertz CT molecular complexity index is 770. The third kappa shape index (κ3) is 2.23. The number of nitriles is 1. The van der Waals surface area contributed by atoms with Gasteiger partial charge in [-0.3, -0.25) is 14.8 Å². The van der Waals surface area contributed by atoms with E-state index in [-0.39, 0.29) is 5.91 Å². The maximum Gasteiger partial charge on any atom is 0.322 e. The third-order valence-corrected chi connectivity index (χ3v) is 3.26. The number of rotatable bonds is 2. The highest BCUT2D eigenvalue weighted by molar-refractivity contribution is 6.04. The van der Waals surface area contributed by atoms with Gasteiger partial charge >= 0.3 is 6.03 Å². The lowest BCUT2D eigenvalue weighted by atomic mass is 10.0. The average Bonchev–Trinajstić information content (AvgIpc) is 3.01. The van der Waals surface area contributed by atoms with Gasteiger partial charge in [-0.2, -0.15) is 10.4 Å². The fourth-order valence-electron chi connectivity index (χ4n) is 2.29. The van der Waals surface area contributed by atoms with E-state index >= 15 is 0 Å². The van der Waals surface area contributed by atoms with Gasteiger partial charge in [0.15, 0.2) is 5.69 Å². The zero-order valence-corrected chi connectivity index (χ0v) is 11.1. The molecule has 2 N–H and O–H groups in total. The van der Waals surface area contributed by atoms with Crippen LogP contribution in [0.2, 0.25) is 0 Å². The van der Waals surface area contributed by atoms with Crippen molar-refractivity contribution < 1.29 is 9.59 Å². The molecule has 1 aliphatic heterocycles. The molecule has 0 radical (unpaired) electrons. The fraction of sp³-hybridized carbons (Fsp3) is 0.143. The highest BCUT2D eigenvalue weighted by Crippen LogP contribution is 2.25. The molecule has 1 unspecified atom stereocenters. The van der Waals surface area contributed by atoms with Crippen LogP contribution >= 0.6 is 0 Å². The van der Waals surface area contributed by atoms with E-state index in [1.165, 1.54) is 0 Å². The van der Waals surface area contributed by atoms with Crippen molar-refractivity contribution in [2.75, 3.05) is 0 Å². The van der Waals surface area contributed by atoms with Gasteiger partial charge in [-0.05, 0) is 11.1 Å². The van der Waals surface area contributed by atoms with E-state index in [9.17, 15) is 9.59 Å². The number of aryl methyl sites for hydroxylation is 1. The van der Waals surface area contributed by atoms with Crippen LogP contribution in [0.3, 0.4) is 0 Å². The number of nitrogens with zero attached hydrogens (tertiary/aromatic N) is 3. The molecule has 1 atom stereocenters. The Morgan fingerprint density at radius 2 is 2.00 bits per heavy atom. The summed E-state index contributed by atoms with van der Waals surface area (Å²) in [5.74, 6) is -0.369. The molecule has 1 saturated heterocycles. The van der Waals surface area contributed by atoms with Gasteiger partial charge in [0, 0.05) is 18.8 Å². The van der Waals surface area contributed by atoms with E-state index < -0.39 is 12.1 Å². The Morgan fingerprint density at radius 3 is 2.57 bits per heavy atom. The summed E-state index contributed by atoms with van der Waals surface area (Å²) in [7, 11) is 1.75. The van der Waals surface area contributed by atoms with Gasteiger partial charge in [0.05, 0.1) is 0 Å². The monoisotopic (exact) mass is 281 g/mol. The first-order valence-electron chi connectivity index (χ1n) is 6.24. The summed E-state index contributed by atoms with van der Waals surface area (Å²) in [6.07, 6.45) is 1.76. The zero-order valence-electron chi connectivity index (χ0n) is 11.1. The van der Waals surface area contributed by atoms with Crippen LogP contribution < -0.4 is 10.6 Å². The second-order valence-electron chi connectivity index (χ2n) is 4.69. The van der Waals surface area contributed by atoms with Crippen molar-refractivity contribution in [3.63, 3.8) is 0 Å². The van der Waals surface area contributed by atoms with Gasteiger partial charge < -0.3 is 5.32 Å². The number of amides is 3. The van der Waals surface area contributed by atoms with Crippen LogP contribution in [-0.4, -0.2) is 21.7 Å². The van der Waals surface area contributed by atoms with Crippen LogP contribution in [0.5, 0.6) is 0 Å². The Hall–Kier alpha value is -3.14. The summed E-state index contributed by atoms with van der Waals surface area (Å²) in [6, 6.07) is 7.97. The van der Waals surface area contributed by atoms with Crippen LogP contribution in [0, 0.1) is 11.3 Å². The van der Waals surface area contributed by atoms with Crippen molar-refractivity contribution in [2.24, 2.45) is 7.05 Å². The number of carbonyl (C=O) groups is 2. The summed E-state index contributed by atoms with van der Waals surface area (Å²) in [6.45, 7) is 0.